The summed E-state index contributed by atoms with van der Waals surface area (Å²) in [6.07, 6.45) is 6.90. The van der Waals surface area contributed by atoms with Gasteiger partial charge in [-0.25, -0.2) is 4.39 Å². The Morgan fingerprint density at radius 3 is 2.38 bits per heavy atom. The molecule has 3 aromatic rings. The van der Waals surface area contributed by atoms with Crippen molar-refractivity contribution in [3.8, 4) is 0 Å². The molecule has 2 saturated heterocycles. The number of amides is 1. The van der Waals surface area contributed by atoms with E-state index in [1.165, 1.54) is 43.6 Å². The lowest BCUT2D eigenvalue weighted by Crippen LogP contribution is -2.28. The molecule has 3 heterocycles. The number of para-hydroxylation sites is 1. The smallest absolute Gasteiger partial charge is 0.255 e. The Bertz CT molecular complexity index is 1030. The molecule has 0 unspecified atom stereocenters. The average Bonchev–Trinajstić information content (AvgIpc) is 3.08. The number of hydrogen-bond acceptors (Lipinski definition) is 3. The van der Waals surface area contributed by atoms with Gasteiger partial charge in [0.2, 0.25) is 0 Å². The maximum atomic E-state index is 13.8. The number of pyridine rings is 1. The lowest BCUT2D eigenvalue weighted by Gasteiger charge is -2.25. The highest BCUT2D eigenvalue weighted by atomic mass is 19.1. The van der Waals surface area contributed by atoms with Crippen molar-refractivity contribution in [3.63, 3.8) is 0 Å². The topological polar surface area (TPSA) is 45.2 Å². The van der Waals surface area contributed by atoms with Gasteiger partial charge >= 0.3 is 0 Å². The molecule has 3 fully saturated rings. The minimum absolute atomic E-state index is 0.190. The van der Waals surface area contributed by atoms with E-state index < -0.39 is 0 Å². The first-order chi connectivity index (χ1) is 14.2. The molecule has 0 radical (unpaired) electrons. The van der Waals surface area contributed by atoms with E-state index in [1.54, 1.807) is 18.2 Å². The molecule has 1 saturated carbocycles. The van der Waals surface area contributed by atoms with Crippen LogP contribution in [0.4, 0.5) is 15.8 Å². The van der Waals surface area contributed by atoms with E-state index in [2.05, 4.69) is 15.2 Å². The average molecular weight is 389 g/mol. The fourth-order valence-corrected chi connectivity index (χ4v) is 4.72. The number of aromatic nitrogens is 1. The van der Waals surface area contributed by atoms with E-state index in [4.69, 9.17) is 0 Å². The third-order valence-corrected chi connectivity index (χ3v) is 6.34. The summed E-state index contributed by atoms with van der Waals surface area (Å²) in [6.45, 7) is 2.25. The minimum Gasteiger partial charge on any atom is -0.371 e. The van der Waals surface area contributed by atoms with Crippen molar-refractivity contribution in [1.82, 2.24) is 4.98 Å². The molecule has 6 rings (SSSR count). The highest BCUT2D eigenvalue weighted by Gasteiger charge is 2.29. The van der Waals surface area contributed by atoms with Gasteiger partial charge in [0.1, 0.15) is 11.3 Å². The quantitative estimate of drug-likeness (QED) is 0.665. The van der Waals surface area contributed by atoms with Crippen LogP contribution in [0, 0.1) is 17.7 Å². The van der Waals surface area contributed by atoms with Crippen molar-refractivity contribution in [1.29, 1.82) is 0 Å². The van der Waals surface area contributed by atoms with E-state index in [0.29, 0.717) is 22.2 Å². The first-order valence-electron chi connectivity index (χ1n) is 10.4. The Balaban J connectivity index is 1.30. The van der Waals surface area contributed by atoms with E-state index in [-0.39, 0.29) is 11.7 Å². The van der Waals surface area contributed by atoms with Crippen LogP contribution in [-0.2, 0) is 0 Å². The highest BCUT2D eigenvalue weighted by Crippen LogP contribution is 2.35. The van der Waals surface area contributed by atoms with E-state index >= 15 is 0 Å². The second-order valence-corrected chi connectivity index (χ2v) is 8.33. The predicted octanol–water partition coefficient (Wildman–Crippen LogP) is 5.25. The SMILES string of the molecule is O=C(Nc1cnc2c(F)cccc2c1)c1ccc(N2CC3CCC(CC3)C2)cc1. The molecule has 0 atom stereocenters. The summed E-state index contributed by atoms with van der Waals surface area (Å²) >= 11 is 0. The minimum atomic E-state index is -0.363. The summed E-state index contributed by atoms with van der Waals surface area (Å²) in [4.78, 5) is 19.3. The van der Waals surface area contributed by atoms with Crippen LogP contribution in [0.1, 0.15) is 36.0 Å². The van der Waals surface area contributed by atoms with Crippen LogP contribution in [0.15, 0.2) is 54.7 Å². The number of fused-ring (bicyclic) bond motifs is 5. The number of halogens is 1. The Hall–Kier alpha value is -2.95. The van der Waals surface area contributed by atoms with Crippen LogP contribution in [0.3, 0.4) is 0 Å². The molecule has 2 aromatic carbocycles. The van der Waals surface area contributed by atoms with Crippen molar-refractivity contribution in [2.75, 3.05) is 23.3 Å². The zero-order valence-electron chi connectivity index (χ0n) is 16.3. The van der Waals surface area contributed by atoms with Crippen molar-refractivity contribution >= 4 is 28.2 Å². The molecular formula is C24H24FN3O. The van der Waals surface area contributed by atoms with Crippen LogP contribution in [0.2, 0.25) is 0 Å². The van der Waals surface area contributed by atoms with Gasteiger partial charge in [-0.3, -0.25) is 9.78 Å². The summed E-state index contributed by atoms with van der Waals surface area (Å²) in [5, 5.41) is 3.53. The lowest BCUT2D eigenvalue weighted by molar-refractivity contribution is 0.102. The number of carbonyl (C=O) groups excluding carboxylic acids is 1. The second kappa shape index (κ2) is 7.47. The highest BCUT2D eigenvalue weighted by molar-refractivity contribution is 6.05. The second-order valence-electron chi connectivity index (χ2n) is 8.33. The Labute approximate surface area is 169 Å². The summed E-state index contributed by atoms with van der Waals surface area (Å²) in [5.74, 6) is 1.06. The number of rotatable bonds is 3. The van der Waals surface area contributed by atoms with Crippen molar-refractivity contribution in [3.05, 3.63) is 66.1 Å². The molecule has 1 aromatic heterocycles. The molecule has 1 amide bonds. The van der Waals surface area contributed by atoms with Crippen molar-refractivity contribution < 1.29 is 9.18 Å². The predicted molar refractivity (Wildman–Crippen MR) is 114 cm³/mol. The van der Waals surface area contributed by atoms with Gasteiger partial charge in [-0.2, -0.15) is 0 Å². The molecule has 29 heavy (non-hydrogen) atoms. The monoisotopic (exact) mass is 389 g/mol. The molecule has 1 aliphatic carbocycles. The Kier molecular flexibility index (Phi) is 4.66. The van der Waals surface area contributed by atoms with Gasteiger partial charge < -0.3 is 10.2 Å². The molecule has 5 heteroatoms. The Morgan fingerprint density at radius 1 is 1.00 bits per heavy atom. The van der Waals surface area contributed by atoms with Crippen molar-refractivity contribution in [2.24, 2.45) is 11.8 Å². The zero-order valence-corrected chi connectivity index (χ0v) is 16.3. The summed E-state index contributed by atoms with van der Waals surface area (Å²) in [6, 6.07) is 14.4. The number of anilines is 2. The number of benzene rings is 2. The van der Waals surface area contributed by atoms with E-state index in [1.807, 2.05) is 24.3 Å². The molecule has 0 spiro atoms. The summed E-state index contributed by atoms with van der Waals surface area (Å²) in [7, 11) is 0. The van der Waals surface area contributed by atoms with Gasteiger partial charge in [0.05, 0.1) is 11.9 Å². The first-order valence-corrected chi connectivity index (χ1v) is 10.4. The van der Waals surface area contributed by atoms with Gasteiger partial charge in [0.25, 0.3) is 5.91 Å². The fraction of sp³-hybridized carbons (Fsp3) is 0.333. The lowest BCUT2D eigenvalue weighted by atomic mass is 9.84. The van der Waals surface area contributed by atoms with Gasteiger partial charge in [-0.05, 0) is 73.9 Å². The molecular weight excluding hydrogens is 365 g/mol. The first kappa shape index (κ1) is 18.1. The summed E-state index contributed by atoms with van der Waals surface area (Å²) < 4.78 is 13.8. The molecule has 148 valence electrons. The molecule has 2 aliphatic heterocycles. The van der Waals surface area contributed by atoms with Crippen molar-refractivity contribution in [2.45, 2.75) is 25.7 Å². The van der Waals surface area contributed by atoms with Crippen LogP contribution in [0.5, 0.6) is 0 Å². The molecule has 2 bridgehead atoms. The van der Waals surface area contributed by atoms with E-state index in [0.717, 1.165) is 24.9 Å². The largest absolute Gasteiger partial charge is 0.371 e. The van der Waals surface area contributed by atoms with Crippen LogP contribution < -0.4 is 10.2 Å². The van der Waals surface area contributed by atoms with E-state index in [9.17, 15) is 9.18 Å². The fourth-order valence-electron chi connectivity index (χ4n) is 4.72. The van der Waals surface area contributed by atoms with Gasteiger partial charge in [0, 0.05) is 29.7 Å². The maximum absolute atomic E-state index is 13.8. The number of hydrogen-bond donors (Lipinski definition) is 1. The third kappa shape index (κ3) is 3.69. The van der Waals surface area contributed by atoms with Crippen LogP contribution in [-0.4, -0.2) is 24.0 Å². The zero-order chi connectivity index (χ0) is 19.8. The Morgan fingerprint density at radius 2 is 1.69 bits per heavy atom. The number of nitrogens with one attached hydrogen (secondary N) is 1. The van der Waals surface area contributed by atoms with Gasteiger partial charge in [-0.1, -0.05) is 12.1 Å². The third-order valence-electron chi connectivity index (χ3n) is 6.34. The van der Waals surface area contributed by atoms with Gasteiger partial charge in [-0.15, -0.1) is 0 Å². The molecule has 3 aliphatic rings. The molecule has 4 nitrogen and oxygen atoms in total. The summed E-state index contributed by atoms with van der Waals surface area (Å²) in [5.41, 5.74) is 2.66. The molecule has 1 N–H and O–H groups in total. The maximum Gasteiger partial charge on any atom is 0.255 e. The normalized spacial score (nSPS) is 21.2. The van der Waals surface area contributed by atoms with Crippen LogP contribution >= 0.6 is 0 Å². The number of nitrogens with zero attached hydrogens (tertiary/aromatic N) is 2. The number of carbonyl (C=O) groups is 1. The van der Waals surface area contributed by atoms with Crippen LogP contribution in [0.25, 0.3) is 10.9 Å². The van der Waals surface area contributed by atoms with Gasteiger partial charge in [0.15, 0.2) is 0 Å². The standard InChI is InChI=1S/C24H24FN3O/c25-22-3-1-2-19-12-20(13-26-23(19)22)27-24(29)18-8-10-21(11-9-18)28-14-16-4-5-17(15-28)7-6-16/h1-3,8-13,16-17H,4-7,14-15H2,(H,27,29).